The molecule has 4 aromatic rings. The van der Waals surface area contributed by atoms with Gasteiger partial charge in [0.2, 0.25) is 0 Å². The quantitative estimate of drug-likeness (QED) is 0.181. The van der Waals surface area contributed by atoms with E-state index in [4.69, 9.17) is 32.7 Å². The molecule has 8 nitrogen and oxygen atoms in total. The molecule has 0 atom stereocenters. The van der Waals surface area contributed by atoms with E-state index in [1.54, 1.807) is 36.4 Å². The van der Waals surface area contributed by atoms with Crippen LogP contribution in [-0.2, 0) is 6.18 Å². The smallest absolute Gasteiger partial charge is 0.417 e. The Labute approximate surface area is 255 Å². The minimum Gasteiger partial charge on any atom is -0.495 e. The van der Waals surface area contributed by atoms with Crippen LogP contribution in [0.15, 0.2) is 78.9 Å². The number of hydrogen-bond donors (Lipinski definition) is 3. The van der Waals surface area contributed by atoms with Gasteiger partial charge in [0, 0.05) is 43.2 Å². The number of methoxy groups -OCH3 is 1. The van der Waals surface area contributed by atoms with E-state index in [0.29, 0.717) is 28.8 Å². The number of benzene rings is 4. The van der Waals surface area contributed by atoms with Crippen LogP contribution in [0.4, 0.5) is 40.7 Å². The number of carbonyl (C=O) groups excluding carboxylic acids is 2. The summed E-state index contributed by atoms with van der Waals surface area (Å²) in [6, 6.07) is 19.1. The number of ether oxygens (including phenoxy) is 2. The van der Waals surface area contributed by atoms with E-state index in [2.05, 4.69) is 16.0 Å². The van der Waals surface area contributed by atoms with Crippen molar-refractivity contribution in [3.8, 4) is 17.2 Å². The molecule has 224 valence electrons. The third-order valence-electron chi connectivity index (χ3n) is 6.01. The lowest BCUT2D eigenvalue weighted by molar-refractivity contribution is -0.137. The summed E-state index contributed by atoms with van der Waals surface area (Å²) < 4.78 is 50.7. The van der Waals surface area contributed by atoms with Crippen LogP contribution >= 0.6 is 23.2 Å². The number of carbonyl (C=O) groups is 2. The summed E-state index contributed by atoms with van der Waals surface area (Å²) in [7, 11) is 5.07. The largest absolute Gasteiger partial charge is 0.495 e. The van der Waals surface area contributed by atoms with Crippen molar-refractivity contribution in [2.75, 3.05) is 42.1 Å². The molecule has 0 bridgehead atoms. The monoisotopic (exact) mass is 632 g/mol. The van der Waals surface area contributed by atoms with Gasteiger partial charge >= 0.3 is 12.2 Å². The molecule has 3 amide bonds. The Kier molecular flexibility index (Phi) is 9.57. The number of halogens is 5. The SMILES string of the molecule is COc1cc(Cl)c(C(F)(F)F)cc1NC(=O)Nc1ccc(Oc2cccc(C(=O)Nc3ccc(N(C)C)cc3)c2)cc1Cl. The number of alkyl halides is 3. The maximum atomic E-state index is 13.3. The first-order chi connectivity index (χ1) is 20.3. The first-order valence-electron chi connectivity index (χ1n) is 12.5. The second kappa shape index (κ2) is 13.1. The molecule has 0 unspecified atom stereocenters. The number of nitrogens with zero attached hydrogens (tertiary/aromatic N) is 1. The van der Waals surface area contributed by atoms with E-state index in [0.717, 1.165) is 11.8 Å². The van der Waals surface area contributed by atoms with Gasteiger partial charge in [0.25, 0.3) is 5.91 Å². The molecule has 0 aliphatic heterocycles. The van der Waals surface area contributed by atoms with Crippen LogP contribution in [0.3, 0.4) is 0 Å². The third kappa shape index (κ3) is 8.02. The fourth-order valence-corrected chi connectivity index (χ4v) is 4.34. The molecule has 4 rings (SSSR count). The van der Waals surface area contributed by atoms with E-state index in [9.17, 15) is 22.8 Å². The summed E-state index contributed by atoms with van der Waals surface area (Å²) in [5.41, 5.74) is 0.768. The predicted octanol–water partition coefficient (Wildman–Crippen LogP) is 8.78. The van der Waals surface area contributed by atoms with Crippen LogP contribution in [0.5, 0.6) is 17.2 Å². The predicted molar refractivity (Wildman–Crippen MR) is 162 cm³/mol. The average Bonchev–Trinajstić information content (AvgIpc) is 2.95. The maximum Gasteiger partial charge on any atom is 0.417 e. The fraction of sp³-hybridized carbons (Fsp3) is 0.133. The van der Waals surface area contributed by atoms with E-state index >= 15 is 0 Å². The number of nitrogens with one attached hydrogen (secondary N) is 3. The molecule has 0 fully saturated rings. The molecule has 0 aromatic heterocycles. The van der Waals surface area contributed by atoms with Gasteiger partial charge in [-0.1, -0.05) is 29.3 Å². The zero-order chi connectivity index (χ0) is 31.3. The molecule has 13 heteroatoms. The molecule has 0 heterocycles. The highest BCUT2D eigenvalue weighted by atomic mass is 35.5. The van der Waals surface area contributed by atoms with Gasteiger partial charge < -0.3 is 30.3 Å². The van der Waals surface area contributed by atoms with Crippen LogP contribution in [0.2, 0.25) is 10.0 Å². The van der Waals surface area contributed by atoms with Crippen LogP contribution in [-0.4, -0.2) is 33.1 Å². The van der Waals surface area contributed by atoms with Gasteiger partial charge in [0.05, 0.1) is 34.1 Å². The van der Waals surface area contributed by atoms with Gasteiger partial charge in [-0.15, -0.1) is 0 Å². The van der Waals surface area contributed by atoms with Crippen LogP contribution in [0.25, 0.3) is 0 Å². The Morgan fingerprint density at radius 1 is 0.791 bits per heavy atom. The number of anilines is 4. The maximum absolute atomic E-state index is 13.3. The van der Waals surface area contributed by atoms with Gasteiger partial charge in [0.1, 0.15) is 17.2 Å². The minimum absolute atomic E-state index is 0.0684. The lowest BCUT2D eigenvalue weighted by Gasteiger charge is -2.16. The third-order valence-corrected chi connectivity index (χ3v) is 6.63. The van der Waals surface area contributed by atoms with Crippen molar-refractivity contribution in [3.63, 3.8) is 0 Å². The van der Waals surface area contributed by atoms with Gasteiger partial charge in [-0.25, -0.2) is 4.79 Å². The standard InChI is InChI=1S/C30H25Cl2F3N4O4/c1-39(2)19-9-7-18(8-10-19)36-28(40)17-5-4-6-20(13-17)43-21-11-12-25(24(32)14-21)37-29(41)38-26-15-22(30(33,34)35)23(31)16-27(26)42-3/h4-16H,1-3H3,(H,36,40)(H2,37,38,41). The van der Waals surface area contributed by atoms with Crippen molar-refractivity contribution in [1.82, 2.24) is 0 Å². The zero-order valence-corrected chi connectivity index (χ0v) is 24.5. The molecule has 0 saturated heterocycles. The van der Waals surface area contributed by atoms with Gasteiger partial charge in [-0.2, -0.15) is 13.2 Å². The fourth-order valence-electron chi connectivity index (χ4n) is 3.86. The zero-order valence-electron chi connectivity index (χ0n) is 23.0. The highest BCUT2D eigenvalue weighted by molar-refractivity contribution is 6.34. The highest BCUT2D eigenvalue weighted by Crippen LogP contribution is 2.40. The normalized spacial score (nSPS) is 11.0. The molecule has 4 aromatic carbocycles. The first kappa shape index (κ1) is 31.3. The topological polar surface area (TPSA) is 91.9 Å². The van der Waals surface area contributed by atoms with Crippen molar-refractivity contribution in [1.29, 1.82) is 0 Å². The molecular weight excluding hydrogens is 608 g/mol. The summed E-state index contributed by atoms with van der Waals surface area (Å²) in [5.74, 6) is 0.273. The molecule has 43 heavy (non-hydrogen) atoms. The van der Waals surface area contributed by atoms with Crippen molar-refractivity contribution < 1.29 is 32.2 Å². The summed E-state index contributed by atoms with van der Waals surface area (Å²) in [6.07, 6.45) is -4.74. The van der Waals surface area contributed by atoms with Gasteiger partial charge in [-0.05, 0) is 60.7 Å². The summed E-state index contributed by atoms with van der Waals surface area (Å²) in [4.78, 5) is 27.3. The van der Waals surface area contributed by atoms with E-state index < -0.39 is 22.8 Å². The van der Waals surface area contributed by atoms with E-state index in [-0.39, 0.29) is 28.1 Å². The lowest BCUT2D eigenvalue weighted by Crippen LogP contribution is -2.20. The number of amides is 3. The highest BCUT2D eigenvalue weighted by Gasteiger charge is 2.34. The van der Waals surface area contributed by atoms with Crippen molar-refractivity contribution in [2.24, 2.45) is 0 Å². The van der Waals surface area contributed by atoms with Crippen molar-refractivity contribution in [2.45, 2.75) is 6.18 Å². The van der Waals surface area contributed by atoms with Gasteiger partial charge in [0.15, 0.2) is 0 Å². The lowest BCUT2D eigenvalue weighted by atomic mass is 10.1. The minimum atomic E-state index is -4.74. The molecule has 0 spiro atoms. The Morgan fingerprint density at radius 3 is 2.09 bits per heavy atom. The number of urea groups is 1. The Bertz CT molecular complexity index is 1650. The second-order valence-corrected chi connectivity index (χ2v) is 10.1. The van der Waals surface area contributed by atoms with Crippen LogP contribution in [0.1, 0.15) is 15.9 Å². The second-order valence-electron chi connectivity index (χ2n) is 9.28. The Morgan fingerprint density at radius 2 is 1.47 bits per heavy atom. The van der Waals surface area contributed by atoms with Crippen LogP contribution in [0, 0.1) is 0 Å². The molecule has 3 N–H and O–H groups in total. The summed E-state index contributed by atoms with van der Waals surface area (Å²) >= 11 is 12.0. The van der Waals surface area contributed by atoms with Gasteiger partial charge in [-0.3, -0.25) is 4.79 Å². The molecule has 0 aliphatic carbocycles. The van der Waals surface area contributed by atoms with Crippen molar-refractivity contribution in [3.05, 3.63) is 100 Å². The Balaban J connectivity index is 1.41. The molecule has 0 radical (unpaired) electrons. The number of hydrogen-bond acceptors (Lipinski definition) is 5. The first-order valence-corrected chi connectivity index (χ1v) is 13.3. The number of rotatable bonds is 8. The summed E-state index contributed by atoms with van der Waals surface area (Å²) in [6.45, 7) is 0. The van der Waals surface area contributed by atoms with E-state index in [1.807, 2.05) is 31.1 Å². The molecule has 0 aliphatic rings. The Hall–Kier alpha value is -4.61. The van der Waals surface area contributed by atoms with E-state index in [1.165, 1.54) is 25.3 Å². The molecule has 0 saturated carbocycles. The van der Waals surface area contributed by atoms with Crippen molar-refractivity contribution >= 4 is 57.9 Å². The molecular formula is C30H25Cl2F3N4O4. The van der Waals surface area contributed by atoms with Crippen LogP contribution < -0.4 is 30.3 Å². The average molecular weight is 633 g/mol. The summed E-state index contributed by atoms with van der Waals surface area (Å²) in [5, 5.41) is 7.13.